The molecule has 0 saturated carbocycles. The fourth-order valence-corrected chi connectivity index (χ4v) is 3.50. The molecule has 0 aromatic heterocycles. The standard InChI is InChI=1S/C25H37NO7/c1-17-13-19(14-18-11-9-8-10-12-18)15-30-16-20(21(27)31-17)26(22(28)32-24(2,3)4)23(29)33-25(5,6)7/h8-12,17,19-20H,13-16H2,1-7H3/t17-,19-,20-/m0/s1. The Balaban J connectivity index is 2.25. The van der Waals surface area contributed by atoms with E-state index in [1.807, 2.05) is 30.3 Å². The van der Waals surface area contributed by atoms with Crippen molar-refractivity contribution in [3.8, 4) is 0 Å². The molecule has 2 rings (SSSR count). The third kappa shape index (κ3) is 9.04. The van der Waals surface area contributed by atoms with Gasteiger partial charge in [0, 0.05) is 6.61 Å². The van der Waals surface area contributed by atoms with Gasteiger partial charge in [0.1, 0.15) is 11.2 Å². The SMILES string of the molecule is C[C@H]1C[C@@H](Cc2ccccc2)COC[C@H](N(C(=O)OC(C)(C)C)C(=O)OC(C)(C)C)C(=O)O1. The van der Waals surface area contributed by atoms with Crippen molar-refractivity contribution in [3.63, 3.8) is 0 Å². The van der Waals surface area contributed by atoms with Gasteiger partial charge in [0.25, 0.3) is 0 Å². The van der Waals surface area contributed by atoms with Crippen molar-refractivity contribution in [1.29, 1.82) is 0 Å². The number of hydrogen-bond acceptors (Lipinski definition) is 7. The van der Waals surface area contributed by atoms with Gasteiger partial charge in [-0.05, 0) is 72.8 Å². The highest BCUT2D eigenvalue weighted by Crippen LogP contribution is 2.22. The van der Waals surface area contributed by atoms with Gasteiger partial charge in [0.2, 0.25) is 0 Å². The average molecular weight is 464 g/mol. The molecule has 1 aliphatic rings. The third-order valence-corrected chi connectivity index (χ3v) is 4.74. The van der Waals surface area contributed by atoms with E-state index in [0.717, 1.165) is 12.0 Å². The molecule has 1 aromatic carbocycles. The Morgan fingerprint density at radius 1 is 0.970 bits per heavy atom. The summed E-state index contributed by atoms with van der Waals surface area (Å²) in [5.74, 6) is -0.634. The number of ether oxygens (including phenoxy) is 4. The van der Waals surface area contributed by atoms with Gasteiger partial charge in [-0.25, -0.2) is 14.4 Å². The van der Waals surface area contributed by atoms with E-state index in [2.05, 4.69) is 0 Å². The van der Waals surface area contributed by atoms with Crippen LogP contribution < -0.4 is 0 Å². The lowest BCUT2D eigenvalue weighted by Gasteiger charge is -2.32. The second-order valence-corrected chi connectivity index (χ2v) is 10.4. The lowest BCUT2D eigenvalue weighted by atomic mass is 9.95. The molecule has 0 bridgehead atoms. The minimum absolute atomic E-state index is 0.102. The van der Waals surface area contributed by atoms with Crippen LogP contribution in [0.1, 0.15) is 60.5 Å². The number of benzene rings is 1. The first-order valence-corrected chi connectivity index (χ1v) is 11.3. The highest BCUT2D eigenvalue weighted by Gasteiger charge is 2.42. The van der Waals surface area contributed by atoms with Crippen LogP contribution in [0.2, 0.25) is 0 Å². The van der Waals surface area contributed by atoms with Gasteiger partial charge in [-0.3, -0.25) is 0 Å². The average Bonchev–Trinajstić information content (AvgIpc) is 2.70. The molecule has 0 N–H and O–H groups in total. The summed E-state index contributed by atoms with van der Waals surface area (Å²) in [6.07, 6.45) is -1.05. The summed E-state index contributed by atoms with van der Waals surface area (Å²) in [6.45, 7) is 12.0. The van der Waals surface area contributed by atoms with Crippen LogP contribution in [0.3, 0.4) is 0 Å². The van der Waals surface area contributed by atoms with Crippen molar-refractivity contribution in [2.24, 2.45) is 5.92 Å². The molecule has 33 heavy (non-hydrogen) atoms. The quantitative estimate of drug-likeness (QED) is 0.472. The molecular formula is C25H37NO7. The van der Waals surface area contributed by atoms with Crippen LogP contribution in [0.5, 0.6) is 0 Å². The predicted octanol–water partition coefficient (Wildman–Crippen LogP) is 4.74. The fourth-order valence-electron chi connectivity index (χ4n) is 3.50. The van der Waals surface area contributed by atoms with Gasteiger partial charge < -0.3 is 18.9 Å². The largest absolute Gasteiger partial charge is 0.461 e. The van der Waals surface area contributed by atoms with Crippen LogP contribution in [0.25, 0.3) is 0 Å². The molecule has 1 aromatic rings. The van der Waals surface area contributed by atoms with Crippen molar-refractivity contribution in [2.45, 2.75) is 84.7 Å². The van der Waals surface area contributed by atoms with Gasteiger partial charge in [0.05, 0.1) is 12.7 Å². The van der Waals surface area contributed by atoms with E-state index in [9.17, 15) is 14.4 Å². The zero-order chi connectivity index (χ0) is 24.8. The highest BCUT2D eigenvalue weighted by molar-refractivity contribution is 5.94. The van der Waals surface area contributed by atoms with Gasteiger partial charge in [-0.2, -0.15) is 4.90 Å². The zero-order valence-corrected chi connectivity index (χ0v) is 20.8. The lowest BCUT2D eigenvalue weighted by Crippen LogP contribution is -2.54. The van der Waals surface area contributed by atoms with Gasteiger partial charge >= 0.3 is 18.2 Å². The first kappa shape index (κ1) is 26.6. The molecule has 8 nitrogen and oxygen atoms in total. The molecule has 0 spiro atoms. The van der Waals surface area contributed by atoms with Crippen molar-refractivity contribution < 1.29 is 33.3 Å². The van der Waals surface area contributed by atoms with E-state index >= 15 is 0 Å². The smallest absolute Gasteiger partial charge is 0.420 e. The first-order valence-electron chi connectivity index (χ1n) is 11.3. The van der Waals surface area contributed by atoms with Crippen LogP contribution in [0.15, 0.2) is 30.3 Å². The number of nitrogens with zero attached hydrogens (tertiary/aromatic N) is 1. The summed E-state index contributed by atoms with van der Waals surface area (Å²) in [5, 5.41) is 0. The molecule has 0 unspecified atom stereocenters. The maximum Gasteiger partial charge on any atom is 0.420 e. The topological polar surface area (TPSA) is 91.4 Å². The highest BCUT2D eigenvalue weighted by atomic mass is 16.6. The van der Waals surface area contributed by atoms with E-state index in [0.29, 0.717) is 17.9 Å². The lowest BCUT2D eigenvalue weighted by molar-refractivity contribution is -0.155. The Hall–Kier alpha value is -2.61. The molecule has 1 fully saturated rings. The summed E-state index contributed by atoms with van der Waals surface area (Å²) in [4.78, 5) is 39.6. The maximum absolute atomic E-state index is 13.0. The molecule has 0 radical (unpaired) electrons. The summed E-state index contributed by atoms with van der Waals surface area (Å²) in [5.41, 5.74) is -0.604. The minimum atomic E-state index is -1.33. The molecule has 184 valence electrons. The molecule has 3 atom stereocenters. The van der Waals surface area contributed by atoms with Crippen molar-refractivity contribution >= 4 is 18.2 Å². The van der Waals surface area contributed by atoms with Crippen molar-refractivity contribution in [2.75, 3.05) is 13.2 Å². The van der Waals surface area contributed by atoms with Crippen molar-refractivity contribution in [1.82, 2.24) is 4.90 Å². The summed E-state index contributed by atoms with van der Waals surface area (Å²) in [6, 6.07) is 8.67. The summed E-state index contributed by atoms with van der Waals surface area (Å²) < 4.78 is 22.3. The summed E-state index contributed by atoms with van der Waals surface area (Å²) >= 11 is 0. The molecule has 1 aliphatic heterocycles. The van der Waals surface area contributed by atoms with Gasteiger partial charge in [-0.1, -0.05) is 30.3 Å². The zero-order valence-electron chi connectivity index (χ0n) is 20.8. The molecule has 1 heterocycles. The second kappa shape index (κ2) is 11.0. The number of esters is 1. The molecular weight excluding hydrogens is 426 g/mol. The fraction of sp³-hybridized carbons (Fsp3) is 0.640. The Morgan fingerprint density at radius 3 is 2.03 bits per heavy atom. The Kier molecular flexibility index (Phi) is 8.89. The number of rotatable bonds is 3. The van der Waals surface area contributed by atoms with Crippen molar-refractivity contribution in [3.05, 3.63) is 35.9 Å². The Labute approximate surface area is 196 Å². The summed E-state index contributed by atoms with van der Waals surface area (Å²) in [7, 11) is 0. The minimum Gasteiger partial charge on any atom is -0.461 e. The first-order chi connectivity index (χ1) is 15.2. The Morgan fingerprint density at radius 2 is 1.52 bits per heavy atom. The van der Waals surface area contributed by atoms with E-state index < -0.39 is 41.5 Å². The van der Waals surface area contributed by atoms with Crippen LogP contribution in [-0.4, -0.2) is 59.6 Å². The predicted molar refractivity (Wildman–Crippen MR) is 123 cm³/mol. The van der Waals surface area contributed by atoms with Crippen LogP contribution in [-0.2, 0) is 30.2 Å². The number of carbonyl (C=O) groups is 3. The van der Waals surface area contributed by atoms with E-state index in [1.54, 1.807) is 48.5 Å². The molecule has 0 aliphatic carbocycles. The Bertz CT molecular complexity index is 782. The maximum atomic E-state index is 13.0. The van der Waals surface area contributed by atoms with Crippen LogP contribution in [0, 0.1) is 5.92 Å². The van der Waals surface area contributed by atoms with E-state index in [1.165, 1.54) is 0 Å². The monoisotopic (exact) mass is 463 g/mol. The normalized spacial score (nSPS) is 22.3. The number of imide groups is 1. The van der Waals surface area contributed by atoms with E-state index in [-0.39, 0.29) is 12.5 Å². The van der Waals surface area contributed by atoms with Crippen LogP contribution in [0.4, 0.5) is 9.59 Å². The van der Waals surface area contributed by atoms with Gasteiger partial charge in [0.15, 0.2) is 6.04 Å². The second-order valence-electron chi connectivity index (χ2n) is 10.4. The van der Waals surface area contributed by atoms with E-state index in [4.69, 9.17) is 18.9 Å². The molecule has 1 saturated heterocycles. The number of hydrogen-bond donors (Lipinski definition) is 0. The molecule has 8 heteroatoms. The number of cyclic esters (lactones) is 1. The van der Waals surface area contributed by atoms with Gasteiger partial charge in [-0.15, -0.1) is 0 Å². The van der Waals surface area contributed by atoms with Crippen LogP contribution >= 0.6 is 0 Å². The number of amides is 2. The number of carbonyl (C=O) groups excluding carboxylic acids is 3. The third-order valence-electron chi connectivity index (χ3n) is 4.74. The molecule has 2 amide bonds.